The summed E-state index contributed by atoms with van der Waals surface area (Å²) in [4.78, 5) is 7.21. The lowest BCUT2D eigenvalue weighted by atomic mass is 9.98. The molecule has 1 rings (SSSR count). The predicted octanol–water partition coefficient (Wildman–Crippen LogP) is 2.10. The fourth-order valence-electron chi connectivity index (χ4n) is 2.82. The maximum atomic E-state index is 11.3. The molecule has 0 aromatic rings. The predicted molar refractivity (Wildman–Crippen MR) is 118 cm³/mol. The molecule has 0 bridgehead atoms. The van der Waals surface area contributed by atoms with Crippen LogP contribution in [0.2, 0.25) is 0 Å². The van der Waals surface area contributed by atoms with E-state index in [1.165, 1.54) is 19.1 Å². The number of rotatable bonds is 8. The van der Waals surface area contributed by atoms with Crippen molar-refractivity contribution in [3.63, 3.8) is 0 Å². The molecule has 1 aliphatic heterocycles. The molecule has 0 saturated carbocycles. The van der Waals surface area contributed by atoms with Crippen molar-refractivity contribution in [1.29, 1.82) is 0 Å². The number of nitrogens with zero attached hydrogens (tertiary/aromatic N) is 2. The third-order valence-electron chi connectivity index (χ3n) is 4.60. The Morgan fingerprint density at radius 3 is 2.40 bits per heavy atom. The zero-order valence-corrected chi connectivity index (χ0v) is 19.6. The molecule has 8 heteroatoms. The molecule has 0 aliphatic carbocycles. The largest absolute Gasteiger partial charge is 0.357 e. The van der Waals surface area contributed by atoms with E-state index in [2.05, 4.69) is 29.4 Å². The molecule has 1 saturated heterocycles. The Kier molecular flexibility index (Phi) is 12.3. The smallest absolute Gasteiger partial charge is 0.191 e. The highest BCUT2D eigenvalue weighted by molar-refractivity contribution is 14.0. The number of hydrogen-bond donors (Lipinski definition) is 2. The van der Waals surface area contributed by atoms with E-state index in [-0.39, 0.29) is 35.8 Å². The highest BCUT2D eigenvalue weighted by Gasteiger charge is 2.20. The Hall–Kier alpha value is -0.0900. The van der Waals surface area contributed by atoms with Gasteiger partial charge < -0.3 is 10.6 Å². The molecule has 0 amide bonds. The molecule has 2 atom stereocenters. The number of likely N-dealkylation sites (tertiary alicyclic amines) is 1. The van der Waals surface area contributed by atoms with E-state index in [1.807, 2.05) is 13.8 Å². The first kappa shape index (κ1) is 24.9. The normalized spacial score (nSPS) is 19.8. The van der Waals surface area contributed by atoms with Gasteiger partial charge in [-0.15, -0.1) is 24.0 Å². The van der Waals surface area contributed by atoms with Crippen molar-refractivity contribution in [3.8, 4) is 0 Å². The minimum Gasteiger partial charge on any atom is -0.357 e. The van der Waals surface area contributed by atoms with Gasteiger partial charge in [0.15, 0.2) is 5.96 Å². The summed E-state index contributed by atoms with van der Waals surface area (Å²) in [5, 5.41) is 6.56. The molecule has 0 aromatic carbocycles. The zero-order valence-electron chi connectivity index (χ0n) is 16.4. The standard InChI is InChI=1S/C17H36N4O2S.HI/c1-6-18-17(20-15(3)9-12-24(5,22)23)19-13-16(4)21-10-7-14(2)8-11-21;/h14-16H,6-13H2,1-5H3,(H2,18,19,20);1H. The Balaban J connectivity index is 0.00000576. The number of aliphatic imine (C=N–C) groups is 1. The van der Waals surface area contributed by atoms with Crippen molar-refractivity contribution in [2.75, 3.05) is 38.2 Å². The molecule has 0 aromatic heterocycles. The average Bonchev–Trinajstić information content (AvgIpc) is 2.50. The summed E-state index contributed by atoms with van der Waals surface area (Å²) in [6, 6.07) is 0.503. The van der Waals surface area contributed by atoms with E-state index in [0.29, 0.717) is 12.5 Å². The summed E-state index contributed by atoms with van der Waals surface area (Å²) in [6.07, 6.45) is 4.41. The summed E-state index contributed by atoms with van der Waals surface area (Å²) < 4.78 is 22.6. The second-order valence-electron chi connectivity index (χ2n) is 7.25. The van der Waals surface area contributed by atoms with Gasteiger partial charge in [-0.25, -0.2) is 8.42 Å². The van der Waals surface area contributed by atoms with Crippen molar-refractivity contribution in [2.24, 2.45) is 10.9 Å². The van der Waals surface area contributed by atoms with E-state index < -0.39 is 9.84 Å². The highest BCUT2D eigenvalue weighted by atomic mass is 127. The van der Waals surface area contributed by atoms with E-state index in [1.54, 1.807) is 0 Å². The van der Waals surface area contributed by atoms with Crippen LogP contribution in [0.1, 0.15) is 47.0 Å². The van der Waals surface area contributed by atoms with E-state index in [9.17, 15) is 8.42 Å². The molecular formula is C17H37IN4O2S. The average molecular weight is 488 g/mol. The maximum absolute atomic E-state index is 11.3. The van der Waals surface area contributed by atoms with Crippen LogP contribution in [0.25, 0.3) is 0 Å². The van der Waals surface area contributed by atoms with Gasteiger partial charge in [-0.2, -0.15) is 0 Å². The molecule has 1 aliphatic rings. The van der Waals surface area contributed by atoms with Gasteiger partial charge in [0.05, 0.1) is 12.3 Å². The zero-order chi connectivity index (χ0) is 18.2. The van der Waals surface area contributed by atoms with Crippen LogP contribution in [0.4, 0.5) is 0 Å². The molecule has 1 fully saturated rings. The van der Waals surface area contributed by atoms with Gasteiger partial charge in [-0.1, -0.05) is 6.92 Å². The van der Waals surface area contributed by atoms with Gasteiger partial charge >= 0.3 is 0 Å². The molecular weight excluding hydrogens is 451 g/mol. The van der Waals surface area contributed by atoms with E-state index >= 15 is 0 Å². The number of guanidine groups is 1. The van der Waals surface area contributed by atoms with Gasteiger partial charge in [-0.05, 0) is 59.0 Å². The van der Waals surface area contributed by atoms with Crippen LogP contribution in [0.3, 0.4) is 0 Å². The first-order valence-electron chi connectivity index (χ1n) is 9.18. The third-order valence-corrected chi connectivity index (χ3v) is 5.58. The minimum absolute atomic E-state index is 0. The second-order valence-corrected chi connectivity index (χ2v) is 9.51. The number of halogens is 1. The monoisotopic (exact) mass is 488 g/mol. The highest BCUT2D eigenvalue weighted by Crippen LogP contribution is 2.17. The van der Waals surface area contributed by atoms with Crippen LogP contribution in [0.5, 0.6) is 0 Å². The molecule has 2 N–H and O–H groups in total. The third kappa shape index (κ3) is 11.3. The summed E-state index contributed by atoms with van der Waals surface area (Å²) in [5.41, 5.74) is 0. The molecule has 0 radical (unpaired) electrons. The fourth-order valence-corrected chi connectivity index (χ4v) is 3.61. The summed E-state index contributed by atoms with van der Waals surface area (Å²) in [5.74, 6) is 1.81. The van der Waals surface area contributed by atoms with Crippen molar-refractivity contribution in [2.45, 2.75) is 59.0 Å². The first-order valence-corrected chi connectivity index (χ1v) is 11.2. The van der Waals surface area contributed by atoms with Crippen LogP contribution in [-0.2, 0) is 9.84 Å². The lowest BCUT2D eigenvalue weighted by Gasteiger charge is -2.34. The summed E-state index contributed by atoms with van der Waals surface area (Å²) in [6.45, 7) is 12.4. The van der Waals surface area contributed by atoms with Crippen LogP contribution in [0.15, 0.2) is 4.99 Å². The number of sulfone groups is 1. The van der Waals surface area contributed by atoms with Crippen LogP contribution < -0.4 is 10.6 Å². The van der Waals surface area contributed by atoms with Gasteiger partial charge in [-0.3, -0.25) is 9.89 Å². The maximum Gasteiger partial charge on any atom is 0.191 e. The molecule has 1 heterocycles. The van der Waals surface area contributed by atoms with Crippen molar-refractivity contribution < 1.29 is 8.42 Å². The van der Waals surface area contributed by atoms with Gasteiger partial charge in [0.1, 0.15) is 9.84 Å². The van der Waals surface area contributed by atoms with Gasteiger partial charge in [0, 0.05) is 24.9 Å². The van der Waals surface area contributed by atoms with Crippen molar-refractivity contribution in [3.05, 3.63) is 0 Å². The van der Waals surface area contributed by atoms with E-state index in [4.69, 9.17) is 4.99 Å². The molecule has 2 unspecified atom stereocenters. The Morgan fingerprint density at radius 2 is 1.88 bits per heavy atom. The lowest BCUT2D eigenvalue weighted by molar-refractivity contribution is 0.150. The Bertz CT molecular complexity index is 491. The number of nitrogens with one attached hydrogen (secondary N) is 2. The molecule has 25 heavy (non-hydrogen) atoms. The minimum atomic E-state index is -2.92. The topological polar surface area (TPSA) is 73.8 Å². The van der Waals surface area contributed by atoms with Crippen molar-refractivity contribution in [1.82, 2.24) is 15.5 Å². The van der Waals surface area contributed by atoms with Crippen LogP contribution in [0, 0.1) is 5.92 Å². The SMILES string of the molecule is CCNC(=NCC(C)N1CCC(C)CC1)NC(C)CCS(C)(=O)=O.I. The summed E-state index contributed by atoms with van der Waals surface area (Å²) >= 11 is 0. The molecule has 150 valence electrons. The van der Waals surface area contributed by atoms with Crippen LogP contribution in [-0.4, -0.2) is 69.5 Å². The number of hydrogen-bond acceptors (Lipinski definition) is 4. The quantitative estimate of drug-likeness (QED) is 0.311. The van der Waals surface area contributed by atoms with Crippen molar-refractivity contribution >= 4 is 39.8 Å². The van der Waals surface area contributed by atoms with E-state index in [0.717, 1.165) is 38.1 Å². The Morgan fingerprint density at radius 1 is 1.28 bits per heavy atom. The Labute approximate surface area is 171 Å². The second kappa shape index (κ2) is 12.3. The number of piperidine rings is 1. The van der Waals surface area contributed by atoms with Gasteiger partial charge in [0.25, 0.3) is 0 Å². The fraction of sp³-hybridized carbons (Fsp3) is 0.941. The molecule has 6 nitrogen and oxygen atoms in total. The summed E-state index contributed by atoms with van der Waals surface area (Å²) in [7, 11) is -2.92. The molecule has 0 spiro atoms. The first-order chi connectivity index (χ1) is 11.2. The van der Waals surface area contributed by atoms with Gasteiger partial charge in [0.2, 0.25) is 0 Å². The lowest BCUT2D eigenvalue weighted by Crippen LogP contribution is -2.45. The van der Waals surface area contributed by atoms with Crippen LogP contribution >= 0.6 is 24.0 Å².